The fourth-order valence-electron chi connectivity index (χ4n) is 1.78. The van der Waals surface area contributed by atoms with Gasteiger partial charge in [-0.1, -0.05) is 11.3 Å². The number of halogens is 1. The van der Waals surface area contributed by atoms with Crippen LogP contribution in [-0.4, -0.2) is 22.5 Å². The summed E-state index contributed by atoms with van der Waals surface area (Å²) < 4.78 is 6.13. The molecule has 19 heavy (non-hydrogen) atoms. The number of anilines is 1. The second-order valence-electron chi connectivity index (χ2n) is 4.04. The van der Waals surface area contributed by atoms with Gasteiger partial charge in [0, 0.05) is 23.3 Å². The molecule has 3 rings (SSSR count). The number of hydrogen-bond acceptors (Lipinski definition) is 5. The zero-order valence-corrected chi connectivity index (χ0v) is 12.3. The number of carbonyl (C=O) groups excluding carboxylic acids is 1. The zero-order valence-electron chi connectivity index (χ0n) is 9.85. The van der Waals surface area contributed by atoms with Crippen LogP contribution in [0.25, 0.3) is 0 Å². The molecular formula is C12H10BrN3O2S. The average molecular weight is 340 g/mol. The van der Waals surface area contributed by atoms with E-state index in [-0.39, 0.29) is 5.91 Å². The first-order valence-electron chi connectivity index (χ1n) is 5.70. The fourth-order valence-corrected chi connectivity index (χ4v) is 3.09. The highest BCUT2D eigenvalue weighted by molar-refractivity contribution is 9.10. The van der Waals surface area contributed by atoms with E-state index in [2.05, 4.69) is 31.2 Å². The second-order valence-corrected chi connectivity index (χ2v) is 6.04. The molecule has 1 aliphatic rings. The molecule has 0 saturated carbocycles. The molecule has 2 aromatic heterocycles. The van der Waals surface area contributed by atoms with Crippen LogP contribution in [0.1, 0.15) is 20.9 Å². The van der Waals surface area contributed by atoms with Gasteiger partial charge in [0.2, 0.25) is 0 Å². The number of nitrogens with one attached hydrogen (secondary N) is 1. The van der Waals surface area contributed by atoms with Crippen molar-refractivity contribution < 1.29 is 9.53 Å². The smallest absolute Gasteiger partial charge is 0.259 e. The molecular weight excluding hydrogens is 330 g/mol. The van der Waals surface area contributed by atoms with Gasteiger partial charge in [0.15, 0.2) is 5.13 Å². The lowest BCUT2D eigenvalue weighted by atomic mass is 10.2. The number of carbonyl (C=O) groups is 1. The lowest BCUT2D eigenvalue weighted by molar-refractivity contribution is 0.102. The lowest BCUT2D eigenvalue weighted by Gasteiger charge is -2.08. The van der Waals surface area contributed by atoms with Gasteiger partial charge in [0.25, 0.3) is 5.91 Å². The van der Waals surface area contributed by atoms with Gasteiger partial charge in [0.05, 0.1) is 29.3 Å². The average Bonchev–Trinajstić information content (AvgIpc) is 2.80. The van der Waals surface area contributed by atoms with Gasteiger partial charge in [0.1, 0.15) is 0 Å². The van der Waals surface area contributed by atoms with Crippen LogP contribution < -0.4 is 5.32 Å². The number of fused-ring (bicyclic) bond motifs is 1. The number of thiazole rings is 1. The molecule has 0 saturated heterocycles. The molecule has 0 aromatic carbocycles. The third-order valence-electron chi connectivity index (χ3n) is 2.68. The SMILES string of the molecule is O=C(Nc1nc2c(s1)COCC2)c1cncc(Br)c1. The van der Waals surface area contributed by atoms with Crippen LogP contribution in [0.3, 0.4) is 0 Å². The van der Waals surface area contributed by atoms with Crippen molar-refractivity contribution in [3.8, 4) is 0 Å². The minimum absolute atomic E-state index is 0.208. The summed E-state index contributed by atoms with van der Waals surface area (Å²) in [7, 11) is 0. The first kappa shape index (κ1) is 12.7. The summed E-state index contributed by atoms with van der Waals surface area (Å²) in [5.74, 6) is -0.208. The van der Waals surface area contributed by atoms with E-state index in [9.17, 15) is 4.79 Å². The summed E-state index contributed by atoms with van der Waals surface area (Å²) in [6.07, 6.45) is 3.97. The Morgan fingerprint density at radius 2 is 2.37 bits per heavy atom. The number of amides is 1. The number of rotatable bonds is 2. The fraction of sp³-hybridized carbons (Fsp3) is 0.250. The van der Waals surface area contributed by atoms with Crippen LogP contribution in [0, 0.1) is 0 Å². The number of aromatic nitrogens is 2. The Balaban J connectivity index is 1.77. The minimum atomic E-state index is -0.208. The van der Waals surface area contributed by atoms with Gasteiger partial charge >= 0.3 is 0 Å². The number of ether oxygens (including phenoxy) is 1. The van der Waals surface area contributed by atoms with E-state index in [4.69, 9.17) is 4.74 Å². The van der Waals surface area contributed by atoms with Crippen molar-refractivity contribution in [3.05, 3.63) is 39.1 Å². The van der Waals surface area contributed by atoms with Crippen molar-refractivity contribution >= 4 is 38.3 Å². The van der Waals surface area contributed by atoms with Gasteiger partial charge in [-0.25, -0.2) is 4.98 Å². The third-order valence-corrected chi connectivity index (χ3v) is 4.10. The van der Waals surface area contributed by atoms with Crippen LogP contribution in [0.4, 0.5) is 5.13 Å². The molecule has 1 aliphatic heterocycles. The molecule has 1 amide bonds. The predicted octanol–water partition coefficient (Wildman–Crippen LogP) is 2.63. The molecule has 3 heterocycles. The van der Waals surface area contributed by atoms with E-state index in [1.165, 1.54) is 17.5 Å². The molecule has 0 radical (unpaired) electrons. The lowest BCUT2D eigenvalue weighted by Crippen LogP contribution is -2.12. The first-order chi connectivity index (χ1) is 9.22. The summed E-state index contributed by atoms with van der Waals surface area (Å²) in [5.41, 5.74) is 1.53. The monoisotopic (exact) mass is 339 g/mol. The van der Waals surface area contributed by atoms with Crippen molar-refractivity contribution in [3.63, 3.8) is 0 Å². The van der Waals surface area contributed by atoms with Crippen LogP contribution in [-0.2, 0) is 17.8 Å². The van der Waals surface area contributed by atoms with Gasteiger partial charge in [-0.3, -0.25) is 15.1 Å². The predicted molar refractivity (Wildman–Crippen MR) is 75.4 cm³/mol. The molecule has 0 fully saturated rings. The highest BCUT2D eigenvalue weighted by atomic mass is 79.9. The Labute approximate surface area is 122 Å². The number of hydrogen-bond donors (Lipinski definition) is 1. The standard InChI is InChI=1S/C12H10BrN3O2S/c13-8-3-7(4-14-5-8)11(17)16-12-15-9-1-2-18-6-10(9)19-12/h3-5H,1-2,6H2,(H,15,16,17). The van der Waals surface area contributed by atoms with Crippen LogP contribution in [0.5, 0.6) is 0 Å². The summed E-state index contributed by atoms with van der Waals surface area (Å²) in [6.45, 7) is 1.28. The summed E-state index contributed by atoms with van der Waals surface area (Å²) in [5, 5.41) is 3.41. The zero-order chi connectivity index (χ0) is 13.2. The van der Waals surface area contributed by atoms with E-state index in [1.807, 2.05) is 0 Å². The molecule has 0 spiro atoms. The van der Waals surface area contributed by atoms with Crippen molar-refractivity contribution in [2.45, 2.75) is 13.0 Å². The Morgan fingerprint density at radius 3 is 3.16 bits per heavy atom. The van der Waals surface area contributed by atoms with E-state index in [0.717, 1.165) is 21.5 Å². The first-order valence-corrected chi connectivity index (χ1v) is 7.31. The Hall–Kier alpha value is -1.31. The van der Waals surface area contributed by atoms with Crippen LogP contribution >= 0.6 is 27.3 Å². The molecule has 98 valence electrons. The van der Waals surface area contributed by atoms with E-state index in [0.29, 0.717) is 23.9 Å². The molecule has 0 aliphatic carbocycles. The normalized spacial score (nSPS) is 13.9. The largest absolute Gasteiger partial charge is 0.375 e. The van der Waals surface area contributed by atoms with Gasteiger partial charge in [-0.2, -0.15) is 0 Å². The van der Waals surface area contributed by atoms with Crippen molar-refractivity contribution in [1.29, 1.82) is 0 Å². The maximum absolute atomic E-state index is 12.0. The Morgan fingerprint density at radius 1 is 1.47 bits per heavy atom. The minimum Gasteiger partial charge on any atom is -0.375 e. The maximum atomic E-state index is 12.0. The maximum Gasteiger partial charge on any atom is 0.259 e. The third kappa shape index (κ3) is 2.83. The van der Waals surface area contributed by atoms with Crippen molar-refractivity contribution in [2.24, 2.45) is 0 Å². The molecule has 7 heteroatoms. The second kappa shape index (κ2) is 5.36. The number of pyridine rings is 1. The molecule has 0 unspecified atom stereocenters. The van der Waals surface area contributed by atoms with Crippen molar-refractivity contribution in [1.82, 2.24) is 9.97 Å². The molecule has 2 aromatic rings. The summed E-state index contributed by atoms with van der Waals surface area (Å²) in [4.78, 5) is 21.5. The highest BCUT2D eigenvalue weighted by Crippen LogP contribution is 2.27. The molecule has 0 bridgehead atoms. The van der Waals surface area contributed by atoms with E-state index in [1.54, 1.807) is 12.3 Å². The van der Waals surface area contributed by atoms with Crippen molar-refractivity contribution in [2.75, 3.05) is 11.9 Å². The van der Waals surface area contributed by atoms with Crippen LogP contribution in [0.15, 0.2) is 22.9 Å². The van der Waals surface area contributed by atoms with Crippen LogP contribution in [0.2, 0.25) is 0 Å². The summed E-state index contributed by atoms with van der Waals surface area (Å²) in [6, 6.07) is 1.72. The molecule has 0 atom stereocenters. The van der Waals surface area contributed by atoms with E-state index < -0.39 is 0 Å². The Bertz CT molecular complexity index is 606. The molecule has 1 N–H and O–H groups in total. The van der Waals surface area contributed by atoms with Gasteiger partial charge in [-0.15, -0.1) is 0 Å². The summed E-state index contributed by atoms with van der Waals surface area (Å²) >= 11 is 4.75. The van der Waals surface area contributed by atoms with Gasteiger partial charge < -0.3 is 4.74 Å². The van der Waals surface area contributed by atoms with Gasteiger partial charge in [-0.05, 0) is 22.0 Å². The topological polar surface area (TPSA) is 64.1 Å². The highest BCUT2D eigenvalue weighted by Gasteiger charge is 2.17. The quantitative estimate of drug-likeness (QED) is 0.913. The Kier molecular flexibility index (Phi) is 3.58. The van der Waals surface area contributed by atoms with E-state index >= 15 is 0 Å². The number of nitrogens with zero attached hydrogens (tertiary/aromatic N) is 2. The molecule has 5 nitrogen and oxygen atoms in total.